The molecule has 5 aromatic carbocycles. The Morgan fingerprint density at radius 1 is 0.736 bits per heavy atom. The predicted octanol–water partition coefficient (Wildman–Crippen LogP) is 8.76. The summed E-state index contributed by atoms with van der Waals surface area (Å²) in [5, 5.41) is 0. The van der Waals surface area contributed by atoms with Gasteiger partial charge in [-0.2, -0.15) is 0 Å². The number of aryl methyl sites for hydroxylation is 1. The number of hydrogen-bond donors (Lipinski definition) is 0. The molecule has 0 aromatic heterocycles. The van der Waals surface area contributed by atoms with Crippen molar-refractivity contribution in [3.05, 3.63) is 161 Å². The summed E-state index contributed by atoms with van der Waals surface area (Å²) in [6.07, 6.45) is -6.64. The number of halogens is 2. The molecule has 0 spiro atoms. The molecular formula is C42H34F2O8S. The van der Waals surface area contributed by atoms with Crippen LogP contribution in [0.25, 0.3) is 11.1 Å². The second-order valence-corrected chi connectivity index (χ2v) is 14.2. The molecule has 6 atom stereocenters. The van der Waals surface area contributed by atoms with Crippen LogP contribution in [-0.2, 0) is 28.4 Å². The van der Waals surface area contributed by atoms with Gasteiger partial charge in [-0.1, -0.05) is 96.2 Å². The predicted molar refractivity (Wildman–Crippen MR) is 191 cm³/mol. The highest BCUT2D eigenvalue weighted by atomic mass is 32.2. The van der Waals surface area contributed by atoms with Gasteiger partial charge in [0.25, 0.3) is 0 Å². The molecule has 0 amide bonds. The topological polar surface area (TPSA) is 89.5 Å². The van der Waals surface area contributed by atoms with E-state index in [0.717, 1.165) is 44.8 Å². The number of fused-ring (bicyclic) bond motifs is 4. The van der Waals surface area contributed by atoms with E-state index in [4.69, 9.17) is 28.4 Å². The van der Waals surface area contributed by atoms with Gasteiger partial charge >= 0.3 is 12.1 Å². The Kier molecular flexibility index (Phi) is 9.98. The van der Waals surface area contributed by atoms with Crippen molar-refractivity contribution in [1.29, 1.82) is 0 Å². The molecule has 11 heteroatoms. The number of hydrogen-bond acceptors (Lipinski definition) is 9. The van der Waals surface area contributed by atoms with Gasteiger partial charge in [0.2, 0.25) is 0 Å². The van der Waals surface area contributed by atoms with E-state index in [-0.39, 0.29) is 30.3 Å². The zero-order chi connectivity index (χ0) is 36.5. The molecule has 2 aliphatic heterocycles. The van der Waals surface area contributed by atoms with Crippen LogP contribution in [-0.4, -0.2) is 55.2 Å². The Morgan fingerprint density at radius 2 is 1.38 bits per heavy atom. The van der Waals surface area contributed by atoms with Crippen LogP contribution in [0.4, 0.5) is 13.6 Å². The highest BCUT2D eigenvalue weighted by Crippen LogP contribution is 2.45. The van der Waals surface area contributed by atoms with Crippen molar-refractivity contribution in [1.82, 2.24) is 0 Å². The number of benzene rings is 5. The van der Waals surface area contributed by atoms with Crippen molar-refractivity contribution >= 4 is 23.9 Å². The summed E-state index contributed by atoms with van der Waals surface area (Å²) in [4.78, 5) is 28.2. The summed E-state index contributed by atoms with van der Waals surface area (Å²) in [5.74, 6) is -2.11. The van der Waals surface area contributed by atoms with Crippen molar-refractivity contribution < 1.29 is 46.8 Å². The molecule has 0 saturated carbocycles. The Labute approximate surface area is 308 Å². The molecule has 53 heavy (non-hydrogen) atoms. The van der Waals surface area contributed by atoms with E-state index < -0.39 is 59.9 Å². The Hall–Kier alpha value is -5.07. The minimum Gasteiger partial charge on any atom is -0.451 e. The smallest absolute Gasteiger partial charge is 0.451 e. The monoisotopic (exact) mass is 736 g/mol. The van der Waals surface area contributed by atoms with Crippen LogP contribution in [0.15, 0.2) is 126 Å². The van der Waals surface area contributed by atoms with Crippen LogP contribution in [0, 0.1) is 18.6 Å². The lowest BCUT2D eigenvalue weighted by Gasteiger charge is -2.48. The Balaban J connectivity index is 1.11. The first kappa shape index (κ1) is 35.0. The van der Waals surface area contributed by atoms with E-state index in [2.05, 4.69) is 0 Å². The molecular weight excluding hydrogens is 703 g/mol. The average molecular weight is 737 g/mol. The number of carbonyl (C=O) groups is 2. The quantitative estimate of drug-likeness (QED) is 0.145. The maximum atomic E-state index is 15.0. The van der Waals surface area contributed by atoms with Crippen LogP contribution in [0.3, 0.4) is 0 Å². The maximum Gasteiger partial charge on any atom is 0.508 e. The van der Waals surface area contributed by atoms with E-state index >= 15 is 0 Å². The summed E-state index contributed by atoms with van der Waals surface area (Å²) in [6.45, 7) is 1.90. The molecule has 5 aromatic rings. The molecule has 2 saturated heterocycles. The Morgan fingerprint density at radius 3 is 2.06 bits per heavy atom. The molecule has 0 radical (unpaired) electrons. The standard InChI is InChI=1S/C42H34F2O8S/c1-24-14-20-27(21-15-24)53-41-38(50-39(45)25-16-18-26(43)19-17-25)37(36-35(49-41)23-47-40(51-36)32-12-6-7-13-34(32)44)52-42(46)48-22-33-30-10-4-2-8-28(30)29-9-3-5-11-31(29)33/h2-21,33,35-38,40-41H,22-23H2,1H3/t35-,36+,37+,38-,40+,41+/m1/s1. The number of thioether (sulfide) groups is 1. The number of ether oxygens (including phenoxy) is 6. The first-order valence-corrected chi connectivity index (χ1v) is 18.1. The normalized spacial score (nSPS) is 23.3. The average Bonchev–Trinajstić information content (AvgIpc) is 3.50. The molecule has 3 aliphatic rings. The highest BCUT2D eigenvalue weighted by Gasteiger charge is 2.54. The molecule has 270 valence electrons. The van der Waals surface area contributed by atoms with Gasteiger partial charge < -0.3 is 28.4 Å². The largest absolute Gasteiger partial charge is 0.508 e. The summed E-state index contributed by atoms with van der Waals surface area (Å²) in [5.41, 5.74) is 4.51. The molecule has 8 rings (SSSR count). The first-order chi connectivity index (χ1) is 25.8. The molecule has 0 unspecified atom stereocenters. The van der Waals surface area contributed by atoms with Crippen molar-refractivity contribution in [2.24, 2.45) is 0 Å². The van der Waals surface area contributed by atoms with E-state index in [9.17, 15) is 18.4 Å². The summed E-state index contributed by atoms with van der Waals surface area (Å²) < 4.78 is 65.5. The second kappa shape index (κ2) is 15.1. The lowest BCUT2D eigenvalue weighted by atomic mass is 9.98. The van der Waals surface area contributed by atoms with Gasteiger partial charge in [-0.15, -0.1) is 0 Å². The fourth-order valence-electron chi connectivity index (χ4n) is 6.99. The van der Waals surface area contributed by atoms with Gasteiger partial charge in [-0.05, 0) is 71.6 Å². The summed E-state index contributed by atoms with van der Waals surface area (Å²) >= 11 is 1.26. The first-order valence-electron chi connectivity index (χ1n) is 17.2. The van der Waals surface area contributed by atoms with E-state index in [1.807, 2.05) is 79.7 Å². The molecule has 2 fully saturated rings. The SMILES string of the molecule is Cc1ccc(S[C@@H]2O[C@@H]3CO[C@H](c4ccccc4F)O[C@@H]3[C@H](OC(=O)OCC3c4ccccc4-c4ccccc43)[C@H]2OC(=O)c2ccc(F)cc2)cc1. The fourth-order valence-corrected chi connectivity index (χ4v) is 8.09. The summed E-state index contributed by atoms with van der Waals surface area (Å²) in [7, 11) is 0. The third kappa shape index (κ3) is 7.30. The zero-order valence-corrected chi connectivity index (χ0v) is 29.2. The molecule has 2 heterocycles. The molecule has 0 bridgehead atoms. The maximum absolute atomic E-state index is 15.0. The van der Waals surface area contributed by atoms with Crippen LogP contribution in [0.2, 0.25) is 0 Å². The van der Waals surface area contributed by atoms with Crippen molar-refractivity contribution in [2.75, 3.05) is 13.2 Å². The van der Waals surface area contributed by atoms with Crippen LogP contribution < -0.4 is 0 Å². The van der Waals surface area contributed by atoms with Gasteiger partial charge in [0.1, 0.15) is 35.9 Å². The van der Waals surface area contributed by atoms with E-state index in [1.165, 1.54) is 36.0 Å². The number of carbonyl (C=O) groups excluding carboxylic acids is 2. The van der Waals surface area contributed by atoms with Crippen molar-refractivity contribution in [3.8, 4) is 11.1 Å². The van der Waals surface area contributed by atoms with Gasteiger partial charge in [0, 0.05) is 16.4 Å². The lowest BCUT2D eigenvalue weighted by molar-refractivity contribution is -0.319. The summed E-state index contributed by atoms with van der Waals surface area (Å²) in [6, 6.07) is 34.5. The van der Waals surface area contributed by atoms with Gasteiger partial charge in [0.15, 0.2) is 18.5 Å². The van der Waals surface area contributed by atoms with Gasteiger partial charge in [-0.3, -0.25) is 0 Å². The number of esters is 1. The fraction of sp³-hybridized carbons (Fsp3) is 0.238. The van der Waals surface area contributed by atoms with Crippen LogP contribution in [0.1, 0.15) is 44.8 Å². The van der Waals surface area contributed by atoms with E-state index in [1.54, 1.807) is 12.1 Å². The Bertz CT molecular complexity index is 2060. The van der Waals surface area contributed by atoms with Gasteiger partial charge in [0.05, 0.1) is 12.2 Å². The van der Waals surface area contributed by atoms with Crippen LogP contribution in [0.5, 0.6) is 0 Å². The molecule has 8 nitrogen and oxygen atoms in total. The zero-order valence-electron chi connectivity index (χ0n) is 28.4. The molecule has 0 N–H and O–H groups in total. The van der Waals surface area contributed by atoms with E-state index in [0.29, 0.717) is 0 Å². The minimum absolute atomic E-state index is 0.0203. The van der Waals surface area contributed by atoms with Crippen molar-refractivity contribution in [2.45, 2.75) is 53.9 Å². The van der Waals surface area contributed by atoms with Crippen LogP contribution >= 0.6 is 11.8 Å². The lowest BCUT2D eigenvalue weighted by Crippen LogP contribution is -2.63. The minimum atomic E-state index is -1.30. The number of rotatable bonds is 8. The van der Waals surface area contributed by atoms with Gasteiger partial charge in [-0.25, -0.2) is 18.4 Å². The second-order valence-electron chi connectivity index (χ2n) is 13.0. The van der Waals surface area contributed by atoms with Crippen molar-refractivity contribution in [3.63, 3.8) is 0 Å². The molecule has 1 aliphatic carbocycles. The highest BCUT2D eigenvalue weighted by molar-refractivity contribution is 7.99. The third-order valence-electron chi connectivity index (χ3n) is 9.60. The third-order valence-corrected chi connectivity index (χ3v) is 10.8.